The second-order valence-electron chi connectivity index (χ2n) is 4.11. The van der Waals surface area contributed by atoms with Crippen LogP contribution in [0.25, 0.3) is 0 Å². The zero-order chi connectivity index (χ0) is 12.3. The van der Waals surface area contributed by atoms with E-state index in [1.807, 2.05) is 16.8 Å². The Morgan fingerprint density at radius 3 is 2.59 bits per heavy atom. The summed E-state index contributed by atoms with van der Waals surface area (Å²) in [4.78, 5) is 11.1. The van der Waals surface area contributed by atoms with E-state index in [2.05, 4.69) is 31.2 Å². The van der Waals surface area contributed by atoms with Gasteiger partial charge in [0.15, 0.2) is 18.9 Å². The molecule has 1 heterocycles. The summed E-state index contributed by atoms with van der Waals surface area (Å²) in [6.07, 6.45) is 3.69. The number of aromatic nitrogens is 1. The lowest BCUT2D eigenvalue weighted by Gasteiger charge is -1.99. The highest BCUT2D eigenvalue weighted by molar-refractivity contribution is 5.92. The third-order valence-corrected chi connectivity index (χ3v) is 2.63. The Bertz CT molecular complexity index is 532. The molecule has 0 aliphatic heterocycles. The summed E-state index contributed by atoms with van der Waals surface area (Å²) in [6, 6.07) is 11.9. The average Bonchev–Trinajstić information content (AvgIpc) is 2.32. The fraction of sp³-hybridized carbons (Fsp3) is 0.143. The van der Waals surface area contributed by atoms with Crippen molar-refractivity contribution >= 4 is 5.91 Å². The van der Waals surface area contributed by atoms with Gasteiger partial charge in [-0.05, 0) is 13.0 Å². The molecule has 0 radical (unpaired) electrons. The minimum absolute atomic E-state index is 0.400. The molecule has 1 aromatic carbocycles. The number of carbonyl (C=O) groups excluding carboxylic acids is 1. The fourth-order valence-electron chi connectivity index (χ4n) is 1.67. The monoisotopic (exact) mass is 227 g/mol. The first-order valence-corrected chi connectivity index (χ1v) is 5.49. The number of nitrogens with two attached hydrogens (primary N) is 1. The molecular formula is C14H15N2O+. The predicted molar refractivity (Wildman–Crippen MR) is 65.4 cm³/mol. The minimum atomic E-state index is -0.400. The minimum Gasteiger partial charge on any atom is -0.365 e. The van der Waals surface area contributed by atoms with E-state index in [0.717, 1.165) is 6.54 Å². The molecule has 0 aliphatic carbocycles. The van der Waals surface area contributed by atoms with Gasteiger partial charge in [0.2, 0.25) is 0 Å². The largest absolute Gasteiger partial charge is 0.365 e. The number of hydrogen-bond acceptors (Lipinski definition) is 1. The van der Waals surface area contributed by atoms with Crippen molar-refractivity contribution in [2.45, 2.75) is 13.5 Å². The molecule has 0 fully saturated rings. The summed E-state index contributed by atoms with van der Waals surface area (Å²) < 4.78 is 1.95. The first-order valence-electron chi connectivity index (χ1n) is 5.49. The third kappa shape index (κ3) is 2.91. The van der Waals surface area contributed by atoms with E-state index in [1.54, 1.807) is 12.3 Å². The van der Waals surface area contributed by atoms with E-state index in [0.29, 0.717) is 5.56 Å². The molecule has 3 heteroatoms. The van der Waals surface area contributed by atoms with Crippen molar-refractivity contribution in [2.75, 3.05) is 0 Å². The molecule has 2 N–H and O–H groups in total. The van der Waals surface area contributed by atoms with Crippen molar-refractivity contribution in [1.82, 2.24) is 0 Å². The Balaban J connectivity index is 2.21. The molecule has 2 rings (SSSR count). The molecule has 86 valence electrons. The molecular weight excluding hydrogens is 212 g/mol. The maximum Gasteiger partial charge on any atom is 0.254 e. The van der Waals surface area contributed by atoms with Gasteiger partial charge in [-0.3, -0.25) is 4.79 Å². The Hall–Kier alpha value is -2.16. The highest BCUT2D eigenvalue weighted by atomic mass is 16.1. The van der Waals surface area contributed by atoms with Crippen molar-refractivity contribution in [3.05, 3.63) is 65.5 Å². The SMILES string of the molecule is Cc1ccc(C[n+]2cccc(C(N)=O)c2)cc1. The van der Waals surface area contributed by atoms with Crippen LogP contribution in [0.2, 0.25) is 0 Å². The molecule has 3 nitrogen and oxygen atoms in total. The molecule has 0 saturated heterocycles. The Kier molecular flexibility index (Phi) is 3.19. The zero-order valence-corrected chi connectivity index (χ0v) is 9.76. The van der Waals surface area contributed by atoms with Crippen LogP contribution in [0, 0.1) is 6.92 Å². The van der Waals surface area contributed by atoms with Crippen molar-refractivity contribution in [2.24, 2.45) is 5.73 Å². The summed E-state index contributed by atoms with van der Waals surface area (Å²) >= 11 is 0. The lowest BCUT2D eigenvalue weighted by atomic mass is 10.1. The number of pyridine rings is 1. The molecule has 0 saturated carbocycles. The Morgan fingerprint density at radius 1 is 1.24 bits per heavy atom. The van der Waals surface area contributed by atoms with Gasteiger partial charge in [-0.15, -0.1) is 0 Å². The second kappa shape index (κ2) is 4.78. The molecule has 0 bridgehead atoms. The van der Waals surface area contributed by atoms with E-state index in [9.17, 15) is 4.79 Å². The van der Waals surface area contributed by atoms with Gasteiger partial charge in [-0.25, -0.2) is 0 Å². The quantitative estimate of drug-likeness (QED) is 0.792. The second-order valence-corrected chi connectivity index (χ2v) is 4.11. The number of aryl methyl sites for hydroxylation is 1. The van der Waals surface area contributed by atoms with Crippen LogP contribution in [0.5, 0.6) is 0 Å². The van der Waals surface area contributed by atoms with Crippen LogP contribution in [-0.4, -0.2) is 5.91 Å². The van der Waals surface area contributed by atoms with Crippen molar-refractivity contribution in [3.8, 4) is 0 Å². The van der Waals surface area contributed by atoms with Crippen LogP contribution in [0.1, 0.15) is 21.5 Å². The van der Waals surface area contributed by atoms with Crippen LogP contribution >= 0.6 is 0 Å². The maximum atomic E-state index is 11.1. The Morgan fingerprint density at radius 2 is 1.94 bits per heavy atom. The normalized spacial score (nSPS) is 10.2. The number of hydrogen-bond donors (Lipinski definition) is 1. The number of carbonyl (C=O) groups is 1. The van der Waals surface area contributed by atoms with Gasteiger partial charge in [0.25, 0.3) is 5.91 Å². The predicted octanol–water partition coefficient (Wildman–Crippen LogP) is 1.43. The highest BCUT2D eigenvalue weighted by Gasteiger charge is 2.07. The molecule has 0 unspecified atom stereocenters. The number of amides is 1. The number of nitrogens with zero attached hydrogens (tertiary/aromatic N) is 1. The van der Waals surface area contributed by atoms with Gasteiger partial charge in [0, 0.05) is 11.6 Å². The van der Waals surface area contributed by atoms with Crippen molar-refractivity contribution < 1.29 is 9.36 Å². The molecule has 0 spiro atoms. The first kappa shape index (κ1) is 11.3. The summed E-state index contributed by atoms with van der Waals surface area (Å²) in [5.41, 5.74) is 8.21. The summed E-state index contributed by atoms with van der Waals surface area (Å²) in [6.45, 7) is 2.80. The molecule has 1 amide bonds. The molecule has 17 heavy (non-hydrogen) atoms. The van der Waals surface area contributed by atoms with Gasteiger partial charge < -0.3 is 5.73 Å². The van der Waals surface area contributed by atoms with E-state index in [-0.39, 0.29) is 0 Å². The maximum absolute atomic E-state index is 11.1. The lowest BCUT2D eigenvalue weighted by molar-refractivity contribution is -0.688. The molecule has 2 aromatic rings. The van der Waals surface area contributed by atoms with Crippen molar-refractivity contribution in [3.63, 3.8) is 0 Å². The topological polar surface area (TPSA) is 47.0 Å². The Labute approximate surface area is 101 Å². The summed E-state index contributed by atoms with van der Waals surface area (Å²) in [5.74, 6) is -0.400. The third-order valence-electron chi connectivity index (χ3n) is 2.63. The molecule has 0 atom stereocenters. The van der Waals surface area contributed by atoms with Gasteiger partial charge in [0.05, 0.1) is 0 Å². The average molecular weight is 227 g/mol. The first-order chi connectivity index (χ1) is 8.15. The smallest absolute Gasteiger partial charge is 0.254 e. The number of rotatable bonds is 3. The van der Waals surface area contributed by atoms with Crippen LogP contribution in [0.4, 0.5) is 0 Å². The summed E-state index contributed by atoms with van der Waals surface area (Å²) in [7, 11) is 0. The van der Waals surface area contributed by atoms with Gasteiger partial charge in [-0.1, -0.05) is 29.8 Å². The number of primary amides is 1. The van der Waals surface area contributed by atoms with E-state index in [1.165, 1.54) is 11.1 Å². The van der Waals surface area contributed by atoms with E-state index >= 15 is 0 Å². The molecule has 0 aliphatic rings. The molecule has 1 aromatic heterocycles. The lowest BCUT2D eigenvalue weighted by Crippen LogP contribution is -2.35. The van der Waals surface area contributed by atoms with Crippen molar-refractivity contribution in [1.29, 1.82) is 0 Å². The van der Waals surface area contributed by atoms with E-state index < -0.39 is 5.91 Å². The van der Waals surface area contributed by atoms with Gasteiger partial charge in [0.1, 0.15) is 5.56 Å². The highest BCUT2D eigenvalue weighted by Crippen LogP contribution is 2.02. The van der Waals surface area contributed by atoms with Crippen LogP contribution in [-0.2, 0) is 6.54 Å². The van der Waals surface area contributed by atoms with Crippen LogP contribution in [0.3, 0.4) is 0 Å². The van der Waals surface area contributed by atoms with Gasteiger partial charge in [-0.2, -0.15) is 4.57 Å². The summed E-state index contributed by atoms with van der Waals surface area (Å²) in [5, 5.41) is 0. The van der Waals surface area contributed by atoms with Gasteiger partial charge >= 0.3 is 0 Å². The van der Waals surface area contributed by atoms with E-state index in [4.69, 9.17) is 5.73 Å². The van der Waals surface area contributed by atoms with Crippen LogP contribution < -0.4 is 10.3 Å². The van der Waals surface area contributed by atoms with Crippen LogP contribution in [0.15, 0.2) is 48.8 Å². The fourth-order valence-corrected chi connectivity index (χ4v) is 1.67. The zero-order valence-electron chi connectivity index (χ0n) is 9.76. The standard InChI is InChI=1S/C14H14N2O/c1-11-4-6-12(7-5-11)9-16-8-2-3-13(10-16)14(15)17/h2-8,10H,9H2,1H3,(H-,15,17)/p+1. The number of benzene rings is 1.